The van der Waals surface area contributed by atoms with Crippen molar-refractivity contribution in [1.29, 1.82) is 0 Å². The molecule has 0 unspecified atom stereocenters. The van der Waals surface area contributed by atoms with Crippen LogP contribution in [0.5, 0.6) is 0 Å². The topological polar surface area (TPSA) is 29.3 Å². The molecule has 0 atom stereocenters. The van der Waals surface area contributed by atoms with E-state index in [0.29, 0.717) is 6.04 Å². The lowest BCUT2D eigenvalue weighted by Crippen LogP contribution is -2.56. The zero-order valence-corrected chi connectivity index (χ0v) is 9.21. The van der Waals surface area contributed by atoms with E-state index < -0.39 is 0 Å². The molecule has 0 aromatic heterocycles. The normalized spacial score (nSPS) is 17.3. The lowest BCUT2D eigenvalue weighted by Gasteiger charge is -2.39. The van der Waals surface area contributed by atoms with Gasteiger partial charge < -0.3 is 10.6 Å². The van der Waals surface area contributed by atoms with Crippen LogP contribution in [0.15, 0.2) is 22.7 Å². The maximum Gasteiger partial charge on any atom is 0.0511 e. The monoisotopic (exact) mass is 240 g/mol. The van der Waals surface area contributed by atoms with Crippen LogP contribution in [-0.2, 0) is 0 Å². The van der Waals surface area contributed by atoms with E-state index in [1.54, 1.807) is 0 Å². The van der Waals surface area contributed by atoms with Crippen molar-refractivity contribution in [2.45, 2.75) is 13.0 Å². The molecular weight excluding hydrogens is 228 g/mol. The van der Waals surface area contributed by atoms with E-state index in [9.17, 15) is 0 Å². The summed E-state index contributed by atoms with van der Waals surface area (Å²) in [5, 5.41) is 0. The summed E-state index contributed by atoms with van der Waals surface area (Å²) in [5.74, 6) is 0. The Morgan fingerprint density at radius 3 is 2.69 bits per heavy atom. The standard InChI is InChI=1S/C10H13BrN2/c1-7-2-3-10(9(11)4-7)13-5-8(12)6-13/h2-4,8H,5-6,12H2,1H3. The molecule has 1 heterocycles. The molecule has 0 bridgehead atoms. The van der Waals surface area contributed by atoms with Crippen LogP contribution in [0.25, 0.3) is 0 Å². The van der Waals surface area contributed by atoms with Crippen LogP contribution in [0.1, 0.15) is 5.56 Å². The zero-order chi connectivity index (χ0) is 9.42. The number of nitrogens with zero attached hydrogens (tertiary/aromatic N) is 1. The van der Waals surface area contributed by atoms with E-state index in [2.05, 4.69) is 46.0 Å². The molecule has 1 fully saturated rings. The number of halogens is 1. The van der Waals surface area contributed by atoms with Crippen LogP contribution >= 0.6 is 15.9 Å². The third kappa shape index (κ3) is 1.71. The molecule has 1 aromatic carbocycles. The first-order valence-electron chi connectivity index (χ1n) is 4.43. The molecule has 1 aromatic rings. The molecule has 0 saturated carbocycles. The summed E-state index contributed by atoms with van der Waals surface area (Å²) < 4.78 is 1.17. The largest absolute Gasteiger partial charge is 0.367 e. The molecule has 13 heavy (non-hydrogen) atoms. The lowest BCUT2D eigenvalue weighted by molar-refractivity contribution is 0.519. The molecule has 0 radical (unpaired) electrons. The summed E-state index contributed by atoms with van der Waals surface area (Å²) in [7, 11) is 0. The van der Waals surface area contributed by atoms with Gasteiger partial charge in [0.25, 0.3) is 0 Å². The molecule has 0 aliphatic carbocycles. The number of nitrogens with two attached hydrogens (primary N) is 1. The highest BCUT2D eigenvalue weighted by Gasteiger charge is 2.24. The van der Waals surface area contributed by atoms with E-state index >= 15 is 0 Å². The van der Waals surface area contributed by atoms with E-state index in [-0.39, 0.29) is 0 Å². The Morgan fingerprint density at radius 1 is 1.46 bits per heavy atom. The first-order chi connectivity index (χ1) is 6.16. The Balaban J connectivity index is 2.21. The van der Waals surface area contributed by atoms with Gasteiger partial charge in [-0.3, -0.25) is 0 Å². The van der Waals surface area contributed by atoms with Gasteiger partial charge in [-0.25, -0.2) is 0 Å². The number of hydrogen-bond donors (Lipinski definition) is 1. The maximum atomic E-state index is 5.73. The van der Waals surface area contributed by atoms with E-state index in [1.807, 2.05) is 0 Å². The number of aryl methyl sites for hydroxylation is 1. The Bertz CT molecular complexity index is 319. The van der Waals surface area contributed by atoms with Crippen molar-refractivity contribution in [2.75, 3.05) is 18.0 Å². The van der Waals surface area contributed by atoms with Gasteiger partial charge in [0.2, 0.25) is 0 Å². The fraction of sp³-hybridized carbons (Fsp3) is 0.400. The molecule has 0 spiro atoms. The molecule has 2 nitrogen and oxygen atoms in total. The van der Waals surface area contributed by atoms with Gasteiger partial charge in [-0.15, -0.1) is 0 Å². The van der Waals surface area contributed by atoms with Crippen molar-refractivity contribution < 1.29 is 0 Å². The predicted molar refractivity (Wildman–Crippen MR) is 59.1 cm³/mol. The van der Waals surface area contributed by atoms with Crippen LogP contribution in [-0.4, -0.2) is 19.1 Å². The number of anilines is 1. The Labute approximate surface area is 86.9 Å². The predicted octanol–water partition coefficient (Wildman–Crippen LogP) is 1.90. The highest BCUT2D eigenvalue weighted by Crippen LogP contribution is 2.29. The quantitative estimate of drug-likeness (QED) is 0.813. The first-order valence-corrected chi connectivity index (χ1v) is 5.23. The second-order valence-corrected chi connectivity index (χ2v) is 4.47. The van der Waals surface area contributed by atoms with Crippen LogP contribution in [0.4, 0.5) is 5.69 Å². The third-order valence-corrected chi connectivity index (χ3v) is 2.99. The van der Waals surface area contributed by atoms with Crippen LogP contribution in [0, 0.1) is 6.92 Å². The van der Waals surface area contributed by atoms with Gasteiger partial charge in [0.15, 0.2) is 0 Å². The van der Waals surface area contributed by atoms with Gasteiger partial charge >= 0.3 is 0 Å². The summed E-state index contributed by atoms with van der Waals surface area (Å²) in [6.07, 6.45) is 0. The molecule has 2 N–H and O–H groups in total. The van der Waals surface area contributed by atoms with Crippen molar-refractivity contribution in [2.24, 2.45) is 5.73 Å². The summed E-state index contributed by atoms with van der Waals surface area (Å²) in [4.78, 5) is 2.29. The van der Waals surface area contributed by atoms with Gasteiger partial charge in [-0.05, 0) is 40.5 Å². The fourth-order valence-electron chi connectivity index (χ4n) is 1.58. The maximum absolute atomic E-state index is 5.73. The minimum absolute atomic E-state index is 0.355. The number of rotatable bonds is 1. The van der Waals surface area contributed by atoms with Gasteiger partial charge in [-0.2, -0.15) is 0 Å². The molecule has 2 rings (SSSR count). The van der Waals surface area contributed by atoms with E-state index in [1.165, 1.54) is 15.7 Å². The smallest absolute Gasteiger partial charge is 0.0511 e. The SMILES string of the molecule is Cc1ccc(N2CC(N)C2)c(Br)c1. The molecular formula is C10H13BrN2. The van der Waals surface area contributed by atoms with Crippen LogP contribution in [0.2, 0.25) is 0 Å². The highest BCUT2D eigenvalue weighted by molar-refractivity contribution is 9.10. The summed E-state index contributed by atoms with van der Waals surface area (Å²) in [5.41, 5.74) is 8.26. The van der Waals surface area contributed by atoms with Crippen molar-refractivity contribution in [3.63, 3.8) is 0 Å². The summed E-state index contributed by atoms with van der Waals surface area (Å²) in [6.45, 7) is 4.04. The second kappa shape index (κ2) is 3.31. The molecule has 3 heteroatoms. The van der Waals surface area contributed by atoms with Gasteiger partial charge in [0, 0.05) is 23.6 Å². The van der Waals surface area contributed by atoms with Gasteiger partial charge in [-0.1, -0.05) is 6.07 Å². The van der Waals surface area contributed by atoms with E-state index in [0.717, 1.165) is 13.1 Å². The lowest BCUT2D eigenvalue weighted by atomic mass is 10.1. The fourth-order valence-corrected chi connectivity index (χ4v) is 2.32. The minimum Gasteiger partial charge on any atom is -0.367 e. The first kappa shape index (κ1) is 9.03. The number of benzene rings is 1. The molecule has 1 aliphatic heterocycles. The van der Waals surface area contributed by atoms with E-state index in [4.69, 9.17) is 5.73 Å². The van der Waals surface area contributed by atoms with Crippen LogP contribution < -0.4 is 10.6 Å². The third-order valence-electron chi connectivity index (χ3n) is 2.35. The molecule has 1 saturated heterocycles. The van der Waals surface area contributed by atoms with Gasteiger partial charge in [0.05, 0.1) is 5.69 Å². The Morgan fingerprint density at radius 2 is 2.15 bits per heavy atom. The zero-order valence-electron chi connectivity index (χ0n) is 7.63. The average Bonchev–Trinajstić information content (AvgIpc) is 2.00. The molecule has 1 aliphatic rings. The van der Waals surface area contributed by atoms with Gasteiger partial charge in [0.1, 0.15) is 0 Å². The summed E-state index contributed by atoms with van der Waals surface area (Å²) in [6, 6.07) is 6.77. The minimum atomic E-state index is 0.355. The second-order valence-electron chi connectivity index (χ2n) is 3.62. The summed E-state index contributed by atoms with van der Waals surface area (Å²) >= 11 is 3.56. The van der Waals surface area contributed by atoms with Crippen molar-refractivity contribution >= 4 is 21.6 Å². The Hall–Kier alpha value is -0.540. The van der Waals surface area contributed by atoms with Crippen molar-refractivity contribution in [1.82, 2.24) is 0 Å². The van der Waals surface area contributed by atoms with Crippen LogP contribution in [0.3, 0.4) is 0 Å². The Kier molecular flexibility index (Phi) is 2.30. The average molecular weight is 241 g/mol. The molecule has 0 amide bonds. The van der Waals surface area contributed by atoms with Crippen molar-refractivity contribution in [3.05, 3.63) is 28.2 Å². The van der Waals surface area contributed by atoms with Crippen molar-refractivity contribution in [3.8, 4) is 0 Å². The molecule has 70 valence electrons. The highest BCUT2D eigenvalue weighted by atomic mass is 79.9. The number of hydrogen-bond acceptors (Lipinski definition) is 2.